The van der Waals surface area contributed by atoms with Crippen molar-refractivity contribution in [2.75, 3.05) is 13.1 Å². The molecule has 0 aliphatic carbocycles. The summed E-state index contributed by atoms with van der Waals surface area (Å²) in [5.41, 5.74) is 1.32. The molecule has 1 aromatic rings. The van der Waals surface area contributed by atoms with Crippen LogP contribution in [0.25, 0.3) is 0 Å². The fourth-order valence-corrected chi connectivity index (χ4v) is 2.34. The average Bonchev–Trinajstić information content (AvgIpc) is 2.43. The molecule has 2 rings (SSSR count). The number of aryl methyl sites for hydroxylation is 1. The predicted octanol–water partition coefficient (Wildman–Crippen LogP) is 1.36. The average molecular weight is 260 g/mol. The molecule has 102 valence electrons. The third-order valence-corrected chi connectivity index (χ3v) is 3.54. The molecule has 1 aromatic carbocycles. The maximum absolute atomic E-state index is 11.7. The van der Waals surface area contributed by atoms with E-state index in [1.54, 1.807) is 11.8 Å². The fourth-order valence-electron chi connectivity index (χ4n) is 2.34. The summed E-state index contributed by atoms with van der Waals surface area (Å²) in [6, 6.07) is 9.98. The Kier molecular flexibility index (Phi) is 4.55. The van der Waals surface area contributed by atoms with Crippen molar-refractivity contribution in [1.29, 1.82) is 0 Å². The van der Waals surface area contributed by atoms with Crippen LogP contribution in [-0.4, -0.2) is 35.8 Å². The molecule has 1 aliphatic heterocycles. The number of carbonyl (C=O) groups excluding carboxylic acids is 2. The van der Waals surface area contributed by atoms with E-state index in [0.717, 1.165) is 19.3 Å². The van der Waals surface area contributed by atoms with E-state index in [1.165, 1.54) is 5.56 Å². The van der Waals surface area contributed by atoms with E-state index in [0.29, 0.717) is 6.54 Å². The number of hydrogen-bond donors (Lipinski definition) is 1. The molecule has 2 amide bonds. The quantitative estimate of drug-likeness (QED) is 0.813. The summed E-state index contributed by atoms with van der Waals surface area (Å²) in [7, 11) is 0. The maximum atomic E-state index is 11.7. The van der Waals surface area contributed by atoms with Gasteiger partial charge < -0.3 is 10.2 Å². The van der Waals surface area contributed by atoms with Gasteiger partial charge in [-0.1, -0.05) is 30.3 Å². The van der Waals surface area contributed by atoms with Crippen LogP contribution in [0.5, 0.6) is 0 Å². The first-order chi connectivity index (χ1) is 9.18. The summed E-state index contributed by atoms with van der Waals surface area (Å²) in [6.07, 6.45) is 2.98. The fraction of sp³-hybridized carbons (Fsp3) is 0.467. The van der Waals surface area contributed by atoms with Crippen molar-refractivity contribution in [3.63, 3.8) is 0 Å². The van der Waals surface area contributed by atoms with Crippen molar-refractivity contribution in [3.8, 4) is 0 Å². The van der Waals surface area contributed by atoms with Crippen LogP contribution in [0.4, 0.5) is 0 Å². The molecule has 0 bridgehead atoms. The van der Waals surface area contributed by atoms with E-state index < -0.39 is 0 Å². The lowest BCUT2D eigenvalue weighted by atomic mass is 10.1. The molecular weight excluding hydrogens is 240 g/mol. The molecule has 1 N–H and O–H groups in total. The molecule has 1 heterocycles. The van der Waals surface area contributed by atoms with Gasteiger partial charge in [-0.3, -0.25) is 9.59 Å². The number of hydrogen-bond acceptors (Lipinski definition) is 2. The highest BCUT2D eigenvalue weighted by atomic mass is 16.2. The van der Waals surface area contributed by atoms with Crippen LogP contribution in [0.15, 0.2) is 30.3 Å². The zero-order valence-corrected chi connectivity index (χ0v) is 11.3. The molecule has 0 spiro atoms. The summed E-state index contributed by atoms with van der Waals surface area (Å²) in [5.74, 6) is -0.0329. The molecule has 0 saturated carbocycles. The molecule has 1 unspecified atom stereocenters. The van der Waals surface area contributed by atoms with Crippen molar-refractivity contribution in [1.82, 2.24) is 10.2 Å². The lowest BCUT2D eigenvalue weighted by molar-refractivity contribution is -0.144. The molecule has 1 fully saturated rings. The predicted molar refractivity (Wildman–Crippen MR) is 73.6 cm³/mol. The Hall–Kier alpha value is -1.84. The third-order valence-electron chi connectivity index (χ3n) is 3.54. The molecular formula is C15H20N2O2. The molecule has 4 nitrogen and oxygen atoms in total. The Morgan fingerprint density at radius 1 is 1.21 bits per heavy atom. The van der Waals surface area contributed by atoms with Crippen molar-refractivity contribution in [2.45, 2.75) is 32.2 Å². The van der Waals surface area contributed by atoms with Gasteiger partial charge in [0.1, 0.15) is 6.04 Å². The molecule has 1 aliphatic rings. The van der Waals surface area contributed by atoms with Crippen LogP contribution in [0, 0.1) is 0 Å². The maximum Gasteiger partial charge on any atom is 0.242 e. The van der Waals surface area contributed by atoms with E-state index in [-0.39, 0.29) is 24.4 Å². The van der Waals surface area contributed by atoms with Crippen LogP contribution in [-0.2, 0) is 16.0 Å². The van der Waals surface area contributed by atoms with E-state index in [1.807, 2.05) is 18.2 Å². The van der Waals surface area contributed by atoms with Crippen molar-refractivity contribution in [2.24, 2.45) is 0 Å². The normalized spacial score (nSPS) is 19.4. The molecule has 1 atom stereocenters. The lowest BCUT2D eigenvalue weighted by Crippen LogP contribution is -2.57. The highest BCUT2D eigenvalue weighted by molar-refractivity contribution is 5.94. The Labute approximate surface area is 113 Å². The van der Waals surface area contributed by atoms with Gasteiger partial charge in [0, 0.05) is 6.54 Å². The lowest BCUT2D eigenvalue weighted by Gasteiger charge is -2.32. The minimum Gasteiger partial charge on any atom is -0.345 e. The van der Waals surface area contributed by atoms with Crippen molar-refractivity contribution in [3.05, 3.63) is 35.9 Å². The van der Waals surface area contributed by atoms with Gasteiger partial charge in [0.25, 0.3) is 0 Å². The highest BCUT2D eigenvalue weighted by Gasteiger charge is 2.29. The zero-order chi connectivity index (χ0) is 13.7. The third kappa shape index (κ3) is 3.56. The summed E-state index contributed by atoms with van der Waals surface area (Å²) in [5, 5.41) is 2.60. The Balaban J connectivity index is 1.75. The summed E-state index contributed by atoms with van der Waals surface area (Å²) >= 11 is 0. The van der Waals surface area contributed by atoms with Crippen LogP contribution in [0.3, 0.4) is 0 Å². The number of piperazine rings is 1. The van der Waals surface area contributed by atoms with E-state index in [2.05, 4.69) is 17.4 Å². The van der Waals surface area contributed by atoms with E-state index in [4.69, 9.17) is 0 Å². The number of carbonyl (C=O) groups is 2. The van der Waals surface area contributed by atoms with Crippen molar-refractivity contribution < 1.29 is 9.59 Å². The van der Waals surface area contributed by atoms with Gasteiger partial charge in [-0.2, -0.15) is 0 Å². The highest BCUT2D eigenvalue weighted by Crippen LogP contribution is 2.09. The Morgan fingerprint density at radius 2 is 1.95 bits per heavy atom. The van der Waals surface area contributed by atoms with Crippen molar-refractivity contribution >= 4 is 11.8 Å². The van der Waals surface area contributed by atoms with Gasteiger partial charge in [0.2, 0.25) is 11.8 Å². The number of nitrogens with one attached hydrogen (secondary N) is 1. The standard InChI is InChI=1S/C15H20N2O2/c1-12-15(19)16-11-14(18)17(12)10-6-5-9-13-7-3-2-4-8-13/h2-4,7-8,12H,5-6,9-11H2,1H3,(H,16,19). The Bertz CT molecular complexity index is 445. The number of benzene rings is 1. The van der Waals surface area contributed by atoms with Gasteiger partial charge in [-0.25, -0.2) is 0 Å². The van der Waals surface area contributed by atoms with Gasteiger partial charge in [0.05, 0.1) is 6.54 Å². The Morgan fingerprint density at radius 3 is 2.68 bits per heavy atom. The monoisotopic (exact) mass is 260 g/mol. The second kappa shape index (κ2) is 6.36. The molecule has 4 heteroatoms. The number of amides is 2. The zero-order valence-electron chi connectivity index (χ0n) is 11.3. The smallest absolute Gasteiger partial charge is 0.242 e. The first kappa shape index (κ1) is 13.6. The van der Waals surface area contributed by atoms with E-state index >= 15 is 0 Å². The van der Waals surface area contributed by atoms with Crippen LogP contribution >= 0.6 is 0 Å². The summed E-state index contributed by atoms with van der Waals surface area (Å²) < 4.78 is 0. The first-order valence-corrected chi connectivity index (χ1v) is 6.79. The summed E-state index contributed by atoms with van der Waals surface area (Å²) in [6.45, 7) is 2.59. The van der Waals surface area contributed by atoms with Gasteiger partial charge >= 0.3 is 0 Å². The molecule has 1 saturated heterocycles. The van der Waals surface area contributed by atoms with Gasteiger partial charge in [0.15, 0.2) is 0 Å². The minimum atomic E-state index is -0.335. The van der Waals surface area contributed by atoms with Gasteiger partial charge in [-0.05, 0) is 31.7 Å². The molecule has 0 aromatic heterocycles. The second-order valence-corrected chi connectivity index (χ2v) is 4.92. The SMILES string of the molecule is CC1C(=O)NCC(=O)N1CCCCc1ccccc1. The molecule has 0 radical (unpaired) electrons. The number of unbranched alkanes of at least 4 members (excludes halogenated alkanes) is 1. The number of nitrogens with zero attached hydrogens (tertiary/aromatic N) is 1. The second-order valence-electron chi connectivity index (χ2n) is 4.92. The topological polar surface area (TPSA) is 49.4 Å². The van der Waals surface area contributed by atoms with Gasteiger partial charge in [-0.15, -0.1) is 0 Å². The van der Waals surface area contributed by atoms with E-state index in [9.17, 15) is 9.59 Å². The summed E-state index contributed by atoms with van der Waals surface area (Å²) in [4.78, 5) is 24.9. The van der Waals surface area contributed by atoms with Crippen LogP contribution < -0.4 is 5.32 Å². The first-order valence-electron chi connectivity index (χ1n) is 6.79. The molecule has 19 heavy (non-hydrogen) atoms. The minimum absolute atomic E-state index is 0.0202. The number of rotatable bonds is 5. The largest absolute Gasteiger partial charge is 0.345 e. The van der Waals surface area contributed by atoms with Crippen LogP contribution in [0.2, 0.25) is 0 Å². The van der Waals surface area contributed by atoms with Crippen LogP contribution in [0.1, 0.15) is 25.3 Å².